The number of aromatic nitrogens is 3. The summed E-state index contributed by atoms with van der Waals surface area (Å²) in [4.78, 5) is 9.16. The van der Waals surface area contributed by atoms with Gasteiger partial charge in [-0.15, -0.1) is 0 Å². The highest BCUT2D eigenvalue weighted by Crippen LogP contribution is 2.31. The van der Waals surface area contributed by atoms with Crippen molar-refractivity contribution in [1.29, 1.82) is 0 Å². The number of hydrogen-bond acceptors (Lipinski definition) is 2. The molecule has 3 nitrogen and oxygen atoms in total. The summed E-state index contributed by atoms with van der Waals surface area (Å²) in [6, 6.07) is 12.5. The SMILES string of the molecule is CCn1c2ncccc2c2c3ccccc3cnc21. The molecule has 0 N–H and O–H groups in total. The molecule has 0 spiro atoms. The lowest BCUT2D eigenvalue weighted by atomic mass is 10.1. The zero-order chi connectivity index (χ0) is 12.8. The number of rotatable bonds is 1. The number of pyridine rings is 2. The molecule has 0 aliphatic rings. The van der Waals surface area contributed by atoms with Crippen molar-refractivity contribution in [3.05, 3.63) is 48.8 Å². The van der Waals surface area contributed by atoms with Crippen LogP contribution in [0.1, 0.15) is 6.92 Å². The first-order chi connectivity index (χ1) is 9.40. The zero-order valence-electron chi connectivity index (χ0n) is 10.7. The molecule has 0 bridgehead atoms. The fraction of sp³-hybridized carbons (Fsp3) is 0.125. The van der Waals surface area contributed by atoms with E-state index in [2.05, 4.69) is 45.7 Å². The zero-order valence-corrected chi connectivity index (χ0v) is 10.7. The number of benzene rings is 1. The Kier molecular flexibility index (Phi) is 2.09. The Hall–Kier alpha value is -2.42. The van der Waals surface area contributed by atoms with Crippen molar-refractivity contribution < 1.29 is 0 Å². The highest BCUT2D eigenvalue weighted by atomic mass is 15.1. The quantitative estimate of drug-likeness (QED) is 0.512. The van der Waals surface area contributed by atoms with Gasteiger partial charge in [-0.1, -0.05) is 24.3 Å². The second kappa shape index (κ2) is 3.79. The van der Waals surface area contributed by atoms with Crippen LogP contribution in [0.4, 0.5) is 0 Å². The fourth-order valence-electron chi connectivity index (χ4n) is 2.83. The Bertz CT molecular complexity index is 906. The molecule has 4 aromatic rings. The summed E-state index contributed by atoms with van der Waals surface area (Å²) < 4.78 is 2.18. The van der Waals surface area contributed by atoms with Crippen LogP contribution in [0.15, 0.2) is 48.8 Å². The summed E-state index contributed by atoms with van der Waals surface area (Å²) in [6.07, 6.45) is 3.79. The van der Waals surface area contributed by atoms with Gasteiger partial charge >= 0.3 is 0 Å². The molecular weight excluding hydrogens is 234 g/mol. The number of hydrogen-bond donors (Lipinski definition) is 0. The predicted octanol–water partition coefficient (Wildman–Crippen LogP) is 3.76. The van der Waals surface area contributed by atoms with Gasteiger partial charge in [0.05, 0.1) is 0 Å². The van der Waals surface area contributed by atoms with E-state index in [9.17, 15) is 0 Å². The van der Waals surface area contributed by atoms with Crippen molar-refractivity contribution in [2.24, 2.45) is 0 Å². The molecule has 0 atom stereocenters. The fourth-order valence-corrected chi connectivity index (χ4v) is 2.83. The average molecular weight is 247 g/mol. The van der Waals surface area contributed by atoms with Crippen LogP contribution < -0.4 is 0 Å². The molecule has 92 valence electrons. The molecule has 4 rings (SSSR count). The van der Waals surface area contributed by atoms with Crippen molar-refractivity contribution in [3.8, 4) is 0 Å². The highest BCUT2D eigenvalue weighted by Gasteiger charge is 2.13. The third-order valence-corrected chi connectivity index (χ3v) is 3.66. The van der Waals surface area contributed by atoms with E-state index in [0.717, 1.165) is 17.8 Å². The van der Waals surface area contributed by atoms with E-state index in [4.69, 9.17) is 0 Å². The van der Waals surface area contributed by atoms with E-state index in [1.54, 1.807) is 0 Å². The molecule has 19 heavy (non-hydrogen) atoms. The molecule has 0 fully saturated rings. The van der Waals surface area contributed by atoms with Gasteiger partial charge in [-0.25, -0.2) is 9.97 Å². The van der Waals surface area contributed by atoms with Gasteiger partial charge in [0, 0.05) is 35.1 Å². The minimum absolute atomic E-state index is 0.877. The topological polar surface area (TPSA) is 30.7 Å². The second-order valence-corrected chi connectivity index (χ2v) is 4.66. The first kappa shape index (κ1) is 10.5. The largest absolute Gasteiger partial charge is 0.310 e. The van der Waals surface area contributed by atoms with E-state index >= 15 is 0 Å². The molecule has 0 saturated carbocycles. The van der Waals surface area contributed by atoms with Gasteiger partial charge in [-0.3, -0.25) is 0 Å². The van der Waals surface area contributed by atoms with Crippen molar-refractivity contribution in [2.75, 3.05) is 0 Å². The van der Waals surface area contributed by atoms with Gasteiger partial charge in [-0.05, 0) is 24.4 Å². The first-order valence-electron chi connectivity index (χ1n) is 6.51. The summed E-state index contributed by atoms with van der Waals surface area (Å²) in [7, 11) is 0. The summed E-state index contributed by atoms with van der Waals surface area (Å²) in [5.41, 5.74) is 2.04. The van der Waals surface area contributed by atoms with Crippen LogP contribution in [0.5, 0.6) is 0 Å². The van der Waals surface area contributed by atoms with Crippen LogP contribution in [-0.4, -0.2) is 14.5 Å². The average Bonchev–Trinajstić information content (AvgIpc) is 2.81. The van der Waals surface area contributed by atoms with Gasteiger partial charge in [0.1, 0.15) is 11.3 Å². The summed E-state index contributed by atoms with van der Waals surface area (Å²) in [5, 5.41) is 4.82. The maximum Gasteiger partial charge on any atom is 0.142 e. The minimum Gasteiger partial charge on any atom is -0.310 e. The summed E-state index contributed by atoms with van der Waals surface area (Å²) in [5.74, 6) is 0. The molecular formula is C16H13N3. The highest BCUT2D eigenvalue weighted by molar-refractivity contribution is 6.18. The normalized spacial score (nSPS) is 11.6. The van der Waals surface area contributed by atoms with Gasteiger partial charge in [0.25, 0.3) is 0 Å². The van der Waals surface area contributed by atoms with Crippen LogP contribution in [-0.2, 0) is 6.54 Å². The second-order valence-electron chi connectivity index (χ2n) is 4.66. The molecule has 1 aromatic carbocycles. The molecule has 0 aliphatic heterocycles. The molecule has 0 unspecified atom stereocenters. The van der Waals surface area contributed by atoms with E-state index in [1.165, 1.54) is 21.5 Å². The maximum absolute atomic E-state index is 4.64. The van der Waals surface area contributed by atoms with Crippen molar-refractivity contribution >= 4 is 32.8 Å². The third-order valence-electron chi connectivity index (χ3n) is 3.66. The van der Waals surface area contributed by atoms with Crippen LogP contribution >= 0.6 is 0 Å². The van der Waals surface area contributed by atoms with Crippen molar-refractivity contribution in [2.45, 2.75) is 13.5 Å². The van der Waals surface area contributed by atoms with E-state index < -0.39 is 0 Å². The number of aryl methyl sites for hydroxylation is 1. The van der Waals surface area contributed by atoms with Crippen molar-refractivity contribution in [3.63, 3.8) is 0 Å². The summed E-state index contributed by atoms with van der Waals surface area (Å²) >= 11 is 0. The van der Waals surface area contributed by atoms with Crippen molar-refractivity contribution in [1.82, 2.24) is 14.5 Å². The smallest absolute Gasteiger partial charge is 0.142 e. The van der Waals surface area contributed by atoms with Crippen LogP contribution in [0, 0.1) is 0 Å². The predicted molar refractivity (Wildman–Crippen MR) is 78.2 cm³/mol. The number of fused-ring (bicyclic) bond motifs is 5. The monoisotopic (exact) mass is 247 g/mol. The first-order valence-corrected chi connectivity index (χ1v) is 6.51. The Balaban J connectivity index is 2.37. The lowest BCUT2D eigenvalue weighted by Gasteiger charge is -2.02. The molecule has 3 heterocycles. The Morgan fingerprint density at radius 2 is 1.79 bits per heavy atom. The van der Waals surface area contributed by atoms with Gasteiger partial charge in [0.15, 0.2) is 0 Å². The molecule has 0 saturated heterocycles. The van der Waals surface area contributed by atoms with Gasteiger partial charge in [0.2, 0.25) is 0 Å². The summed E-state index contributed by atoms with van der Waals surface area (Å²) in [6.45, 7) is 3.01. The molecule has 3 aromatic heterocycles. The van der Waals surface area contributed by atoms with E-state index in [0.29, 0.717) is 0 Å². The number of nitrogens with zero attached hydrogens (tertiary/aromatic N) is 3. The standard InChI is InChI=1S/C16H13N3/c1-2-19-15-13(8-5-9-17-15)14-12-7-4-3-6-11(12)10-18-16(14)19/h3-10H,2H2,1H3. The van der Waals surface area contributed by atoms with Crippen LogP contribution in [0.3, 0.4) is 0 Å². The van der Waals surface area contributed by atoms with E-state index in [-0.39, 0.29) is 0 Å². The molecule has 3 heteroatoms. The Labute approximate surface area is 110 Å². The third kappa shape index (κ3) is 1.32. The Morgan fingerprint density at radius 3 is 2.68 bits per heavy atom. The Morgan fingerprint density at radius 1 is 0.947 bits per heavy atom. The van der Waals surface area contributed by atoms with Crippen LogP contribution in [0.2, 0.25) is 0 Å². The lowest BCUT2D eigenvalue weighted by Crippen LogP contribution is -1.96. The van der Waals surface area contributed by atoms with Gasteiger partial charge < -0.3 is 4.57 Å². The molecule has 0 amide bonds. The molecule has 0 aliphatic carbocycles. The van der Waals surface area contributed by atoms with Gasteiger partial charge in [-0.2, -0.15) is 0 Å². The van der Waals surface area contributed by atoms with E-state index in [1.807, 2.05) is 24.5 Å². The minimum atomic E-state index is 0.877. The molecule has 0 radical (unpaired) electrons. The maximum atomic E-state index is 4.64. The lowest BCUT2D eigenvalue weighted by molar-refractivity contribution is 0.806. The van der Waals surface area contributed by atoms with Crippen LogP contribution in [0.25, 0.3) is 32.8 Å².